The number of ether oxygens (including phenoxy) is 1. The van der Waals surface area contributed by atoms with Gasteiger partial charge in [-0.25, -0.2) is 0 Å². The molecule has 1 saturated heterocycles. The highest BCUT2D eigenvalue weighted by molar-refractivity contribution is 5.97. The molecule has 0 radical (unpaired) electrons. The van der Waals surface area contributed by atoms with E-state index in [-0.39, 0.29) is 5.91 Å². The quantitative estimate of drug-likeness (QED) is 0.733. The molecule has 1 aromatic carbocycles. The number of hydrogen-bond acceptors (Lipinski definition) is 4. The first-order chi connectivity index (χ1) is 11.5. The maximum atomic E-state index is 12.0. The van der Waals surface area contributed by atoms with Crippen LogP contribution in [-0.2, 0) is 14.3 Å². The molecule has 1 aliphatic heterocycles. The number of carbonyl (C=O) groups excluding carboxylic acids is 2. The Labute approximate surface area is 140 Å². The molecule has 24 heavy (non-hydrogen) atoms. The van der Waals surface area contributed by atoms with Crippen LogP contribution in [0.1, 0.15) is 36.5 Å². The number of hydrogen-bond donors (Lipinski definition) is 3. The lowest BCUT2D eigenvalue weighted by Gasteiger charge is -2.21. The highest BCUT2D eigenvalue weighted by Crippen LogP contribution is 2.19. The van der Waals surface area contributed by atoms with Crippen LogP contribution in [0.2, 0.25) is 0 Å². The maximum Gasteiger partial charge on any atom is 0.325 e. The van der Waals surface area contributed by atoms with Crippen molar-refractivity contribution in [1.82, 2.24) is 5.32 Å². The lowest BCUT2D eigenvalue weighted by molar-refractivity contribution is -0.138. The predicted octanol–water partition coefficient (Wildman–Crippen LogP) is 1.64. The van der Waals surface area contributed by atoms with E-state index in [1.807, 2.05) is 0 Å². The van der Waals surface area contributed by atoms with Crippen molar-refractivity contribution >= 4 is 23.5 Å². The third-order valence-corrected chi connectivity index (χ3v) is 3.96. The van der Waals surface area contributed by atoms with Crippen LogP contribution >= 0.6 is 0 Å². The van der Waals surface area contributed by atoms with Gasteiger partial charge in [0.2, 0.25) is 5.91 Å². The van der Waals surface area contributed by atoms with Crippen LogP contribution in [0.25, 0.3) is 0 Å². The highest BCUT2D eigenvalue weighted by atomic mass is 16.5. The van der Waals surface area contributed by atoms with Crippen LogP contribution < -0.4 is 10.6 Å². The summed E-state index contributed by atoms with van der Waals surface area (Å²) in [5, 5.41) is 14.0. The van der Waals surface area contributed by atoms with Gasteiger partial charge in [-0.15, -0.1) is 0 Å². The molecule has 1 unspecified atom stereocenters. The van der Waals surface area contributed by atoms with Crippen molar-refractivity contribution in [3.05, 3.63) is 29.8 Å². The molecule has 1 atom stereocenters. The molecule has 3 N–H and O–H groups in total. The standard InChI is InChI=1S/C17H22N2O5/c1-11(17(22)23)18-16(21)13-2-4-14(5-3-13)19-15(20)10-12-6-8-24-9-7-12/h2-5,11-12H,6-10H2,1H3,(H,18,21)(H,19,20)(H,22,23). The van der Waals surface area contributed by atoms with Gasteiger partial charge in [0, 0.05) is 30.9 Å². The zero-order valence-electron chi connectivity index (χ0n) is 13.6. The van der Waals surface area contributed by atoms with Gasteiger partial charge in [0.25, 0.3) is 5.91 Å². The van der Waals surface area contributed by atoms with Crippen LogP contribution in [-0.4, -0.2) is 42.1 Å². The van der Waals surface area contributed by atoms with Crippen molar-refractivity contribution in [2.75, 3.05) is 18.5 Å². The fraction of sp³-hybridized carbons (Fsp3) is 0.471. The first kappa shape index (κ1) is 17.9. The summed E-state index contributed by atoms with van der Waals surface area (Å²) in [5.41, 5.74) is 0.945. The van der Waals surface area contributed by atoms with E-state index in [4.69, 9.17) is 9.84 Å². The summed E-state index contributed by atoms with van der Waals surface area (Å²) in [4.78, 5) is 34.6. The van der Waals surface area contributed by atoms with Crippen molar-refractivity contribution < 1.29 is 24.2 Å². The van der Waals surface area contributed by atoms with Crippen LogP contribution in [0, 0.1) is 5.92 Å². The number of nitrogens with one attached hydrogen (secondary N) is 2. The van der Waals surface area contributed by atoms with E-state index in [2.05, 4.69) is 10.6 Å². The lowest BCUT2D eigenvalue weighted by Crippen LogP contribution is -2.38. The number of carboxylic acids is 1. The van der Waals surface area contributed by atoms with E-state index in [1.165, 1.54) is 6.92 Å². The monoisotopic (exact) mass is 334 g/mol. The van der Waals surface area contributed by atoms with E-state index < -0.39 is 17.9 Å². The third kappa shape index (κ3) is 5.34. The van der Waals surface area contributed by atoms with E-state index in [0.29, 0.717) is 36.8 Å². The Bertz CT molecular complexity index is 594. The van der Waals surface area contributed by atoms with Crippen molar-refractivity contribution in [1.29, 1.82) is 0 Å². The van der Waals surface area contributed by atoms with Crippen molar-refractivity contribution in [2.45, 2.75) is 32.2 Å². The maximum absolute atomic E-state index is 12.0. The van der Waals surface area contributed by atoms with Gasteiger partial charge in [0.1, 0.15) is 6.04 Å². The minimum Gasteiger partial charge on any atom is -0.480 e. The number of benzene rings is 1. The Balaban J connectivity index is 1.85. The number of rotatable bonds is 6. The summed E-state index contributed by atoms with van der Waals surface area (Å²) in [6, 6.07) is 5.39. The van der Waals surface area contributed by atoms with E-state index in [0.717, 1.165) is 12.8 Å². The van der Waals surface area contributed by atoms with Crippen molar-refractivity contribution in [3.8, 4) is 0 Å². The molecule has 0 bridgehead atoms. The molecule has 0 saturated carbocycles. The van der Waals surface area contributed by atoms with Gasteiger partial charge >= 0.3 is 5.97 Å². The average Bonchev–Trinajstić information content (AvgIpc) is 2.56. The van der Waals surface area contributed by atoms with Crippen LogP contribution in [0.3, 0.4) is 0 Å². The summed E-state index contributed by atoms with van der Waals surface area (Å²) < 4.78 is 5.27. The molecule has 0 aromatic heterocycles. The second kappa shape index (κ2) is 8.44. The fourth-order valence-corrected chi connectivity index (χ4v) is 2.47. The molecule has 2 rings (SSSR count). The Morgan fingerprint density at radius 2 is 1.83 bits per heavy atom. The SMILES string of the molecule is CC(NC(=O)c1ccc(NC(=O)CC2CCOCC2)cc1)C(=O)O. The molecule has 130 valence electrons. The minimum absolute atomic E-state index is 0.0569. The molecule has 0 spiro atoms. The second-order valence-electron chi connectivity index (χ2n) is 5.92. The normalized spacial score (nSPS) is 16.2. The Morgan fingerprint density at radius 1 is 1.21 bits per heavy atom. The molecular weight excluding hydrogens is 312 g/mol. The first-order valence-electron chi connectivity index (χ1n) is 7.97. The molecule has 1 aliphatic rings. The number of carboxylic acid groups (broad SMARTS) is 1. The van der Waals surface area contributed by atoms with Gasteiger partial charge in [-0.3, -0.25) is 14.4 Å². The van der Waals surface area contributed by atoms with Crippen LogP contribution in [0.5, 0.6) is 0 Å². The summed E-state index contributed by atoms with van der Waals surface area (Å²) in [6.45, 7) is 2.80. The Morgan fingerprint density at radius 3 is 2.42 bits per heavy atom. The molecule has 0 aliphatic carbocycles. The number of carbonyl (C=O) groups is 3. The highest BCUT2D eigenvalue weighted by Gasteiger charge is 2.18. The first-order valence-corrected chi connectivity index (χ1v) is 7.97. The van der Waals surface area contributed by atoms with E-state index in [1.54, 1.807) is 24.3 Å². The smallest absolute Gasteiger partial charge is 0.325 e. The largest absolute Gasteiger partial charge is 0.480 e. The molecule has 2 amide bonds. The van der Waals surface area contributed by atoms with Crippen molar-refractivity contribution in [2.24, 2.45) is 5.92 Å². The molecule has 1 aromatic rings. The third-order valence-electron chi connectivity index (χ3n) is 3.96. The van der Waals surface area contributed by atoms with Crippen LogP contribution in [0.4, 0.5) is 5.69 Å². The van der Waals surface area contributed by atoms with Gasteiger partial charge in [0.15, 0.2) is 0 Å². The summed E-state index contributed by atoms with van der Waals surface area (Å²) in [5.74, 6) is -1.27. The molecule has 1 fully saturated rings. The lowest BCUT2D eigenvalue weighted by atomic mass is 9.96. The van der Waals surface area contributed by atoms with Crippen molar-refractivity contribution in [3.63, 3.8) is 0 Å². The van der Waals surface area contributed by atoms with Gasteiger partial charge in [-0.05, 0) is 49.9 Å². The topological polar surface area (TPSA) is 105 Å². The van der Waals surface area contributed by atoms with Gasteiger partial charge in [0.05, 0.1) is 0 Å². The molecule has 7 heteroatoms. The zero-order chi connectivity index (χ0) is 17.5. The number of amides is 2. The summed E-state index contributed by atoms with van der Waals surface area (Å²) in [7, 11) is 0. The number of anilines is 1. The summed E-state index contributed by atoms with van der Waals surface area (Å²) >= 11 is 0. The summed E-state index contributed by atoms with van der Waals surface area (Å²) in [6.07, 6.45) is 2.25. The van der Waals surface area contributed by atoms with Crippen LogP contribution in [0.15, 0.2) is 24.3 Å². The Kier molecular flexibility index (Phi) is 6.31. The van der Waals surface area contributed by atoms with Gasteiger partial charge < -0.3 is 20.5 Å². The van der Waals surface area contributed by atoms with Gasteiger partial charge in [-0.2, -0.15) is 0 Å². The number of aliphatic carboxylic acids is 1. The van der Waals surface area contributed by atoms with E-state index in [9.17, 15) is 14.4 Å². The zero-order valence-corrected chi connectivity index (χ0v) is 13.6. The van der Waals surface area contributed by atoms with E-state index >= 15 is 0 Å². The molecule has 1 heterocycles. The minimum atomic E-state index is -1.10. The molecular formula is C17H22N2O5. The van der Waals surface area contributed by atoms with Gasteiger partial charge in [-0.1, -0.05) is 0 Å². The fourth-order valence-electron chi connectivity index (χ4n) is 2.47. The molecule has 7 nitrogen and oxygen atoms in total. The average molecular weight is 334 g/mol. The Hall–Kier alpha value is -2.41. The predicted molar refractivity (Wildman–Crippen MR) is 87.8 cm³/mol. The second-order valence-corrected chi connectivity index (χ2v) is 5.92.